The van der Waals surface area contributed by atoms with Crippen LogP contribution in [0.25, 0.3) is 6.08 Å². The highest BCUT2D eigenvalue weighted by Gasteiger charge is 2.34. The second kappa shape index (κ2) is 9.70. The first kappa shape index (κ1) is 21.6. The summed E-state index contributed by atoms with van der Waals surface area (Å²) in [6, 6.07) is 23.5. The van der Waals surface area contributed by atoms with Gasteiger partial charge in [-0.2, -0.15) is 0 Å². The molecule has 1 aliphatic heterocycles. The molecule has 0 unspecified atom stereocenters. The fourth-order valence-corrected chi connectivity index (χ4v) is 4.30. The van der Waals surface area contributed by atoms with E-state index in [1.165, 1.54) is 10.5 Å². The van der Waals surface area contributed by atoms with Gasteiger partial charge >= 0.3 is 0 Å². The Morgan fingerprint density at radius 1 is 0.968 bits per heavy atom. The molecule has 31 heavy (non-hydrogen) atoms. The first-order valence-corrected chi connectivity index (χ1v) is 11.7. The Bertz CT molecular complexity index is 1140. The second-order valence-corrected chi connectivity index (χ2v) is 9.48. The maximum atomic E-state index is 12.8. The molecule has 0 N–H and O–H groups in total. The molecule has 3 aromatic carbocycles. The number of amides is 2. The predicted molar refractivity (Wildman–Crippen MR) is 133 cm³/mol. The van der Waals surface area contributed by atoms with E-state index in [0.29, 0.717) is 17.3 Å². The zero-order valence-electron chi connectivity index (χ0n) is 16.9. The van der Waals surface area contributed by atoms with E-state index in [4.69, 9.17) is 4.74 Å². The van der Waals surface area contributed by atoms with Crippen molar-refractivity contribution in [3.8, 4) is 5.75 Å². The maximum absolute atomic E-state index is 12.8. The van der Waals surface area contributed by atoms with Gasteiger partial charge in [0.15, 0.2) is 0 Å². The summed E-state index contributed by atoms with van der Waals surface area (Å²) in [7, 11) is 0. The highest BCUT2D eigenvalue weighted by molar-refractivity contribution is 14.1. The van der Waals surface area contributed by atoms with Gasteiger partial charge in [-0.05, 0) is 88.3 Å². The van der Waals surface area contributed by atoms with Crippen LogP contribution in [0.4, 0.5) is 4.79 Å². The SMILES string of the molecule is Cc1ccc(COc2cccc(/C=C3\SC(=O)N(Cc4ccc(I)cc4)C3=O)c2)cc1. The topological polar surface area (TPSA) is 46.6 Å². The number of carbonyl (C=O) groups is 2. The molecule has 0 aromatic heterocycles. The third-order valence-electron chi connectivity index (χ3n) is 4.81. The van der Waals surface area contributed by atoms with Crippen molar-refractivity contribution < 1.29 is 14.3 Å². The first-order chi connectivity index (χ1) is 15.0. The summed E-state index contributed by atoms with van der Waals surface area (Å²) in [6.07, 6.45) is 1.75. The lowest BCUT2D eigenvalue weighted by Crippen LogP contribution is -2.27. The monoisotopic (exact) mass is 541 g/mol. The molecule has 1 aliphatic rings. The molecule has 6 heteroatoms. The number of nitrogens with zero attached hydrogens (tertiary/aromatic N) is 1. The van der Waals surface area contributed by atoms with Crippen molar-refractivity contribution in [1.82, 2.24) is 4.90 Å². The molecule has 0 saturated carbocycles. The molecule has 3 aromatic rings. The van der Waals surface area contributed by atoms with E-state index in [1.807, 2.05) is 60.7 Å². The number of imide groups is 1. The summed E-state index contributed by atoms with van der Waals surface area (Å²) in [6.45, 7) is 2.80. The fourth-order valence-electron chi connectivity index (χ4n) is 3.11. The lowest BCUT2D eigenvalue weighted by Gasteiger charge is -2.12. The number of carbonyl (C=O) groups excluding carboxylic acids is 2. The van der Waals surface area contributed by atoms with Crippen molar-refractivity contribution in [2.45, 2.75) is 20.1 Å². The molecule has 0 aliphatic carbocycles. The van der Waals surface area contributed by atoms with E-state index < -0.39 is 0 Å². The Morgan fingerprint density at radius 2 is 1.68 bits per heavy atom. The molecule has 4 rings (SSSR count). The van der Waals surface area contributed by atoms with E-state index in [1.54, 1.807) is 6.08 Å². The molecule has 2 amide bonds. The number of ether oxygens (including phenoxy) is 1. The lowest BCUT2D eigenvalue weighted by atomic mass is 10.1. The third-order valence-corrected chi connectivity index (χ3v) is 6.44. The summed E-state index contributed by atoms with van der Waals surface area (Å²) in [5, 5.41) is -0.249. The van der Waals surface area contributed by atoms with Gasteiger partial charge in [-0.15, -0.1) is 0 Å². The summed E-state index contributed by atoms with van der Waals surface area (Å²) in [5.41, 5.74) is 4.05. The highest BCUT2D eigenvalue weighted by atomic mass is 127. The molecular weight excluding hydrogens is 521 g/mol. The van der Waals surface area contributed by atoms with Crippen molar-refractivity contribution in [3.63, 3.8) is 0 Å². The molecule has 1 fully saturated rings. The van der Waals surface area contributed by atoms with Gasteiger partial charge < -0.3 is 4.74 Å². The smallest absolute Gasteiger partial charge is 0.293 e. The zero-order chi connectivity index (χ0) is 21.8. The fraction of sp³-hybridized carbons (Fsp3) is 0.120. The Labute approximate surface area is 199 Å². The Kier molecular flexibility index (Phi) is 6.77. The number of hydrogen-bond acceptors (Lipinski definition) is 4. The maximum Gasteiger partial charge on any atom is 0.293 e. The van der Waals surface area contributed by atoms with E-state index >= 15 is 0 Å². The average Bonchev–Trinajstić information content (AvgIpc) is 3.02. The third kappa shape index (κ3) is 5.57. The van der Waals surface area contributed by atoms with Crippen molar-refractivity contribution in [2.24, 2.45) is 0 Å². The number of halogens is 1. The number of hydrogen-bond donors (Lipinski definition) is 0. The van der Waals surface area contributed by atoms with Crippen LogP contribution in [0, 0.1) is 10.5 Å². The molecule has 1 heterocycles. The molecule has 0 atom stereocenters. The summed E-state index contributed by atoms with van der Waals surface area (Å²) >= 11 is 3.20. The van der Waals surface area contributed by atoms with E-state index in [9.17, 15) is 9.59 Å². The first-order valence-electron chi connectivity index (χ1n) is 9.76. The van der Waals surface area contributed by atoms with Gasteiger partial charge in [-0.3, -0.25) is 14.5 Å². The van der Waals surface area contributed by atoms with Gasteiger partial charge in [-0.25, -0.2) is 0 Å². The number of benzene rings is 3. The molecule has 0 radical (unpaired) electrons. The molecule has 0 spiro atoms. The quantitative estimate of drug-likeness (QED) is 0.267. The molecular formula is C25H20INO3S. The normalized spacial score (nSPS) is 15.0. The average molecular weight is 541 g/mol. The minimum atomic E-state index is -0.264. The molecule has 0 bridgehead atoms. The molecule has 156 valence electrons. The number of aryl methyl sites for hydroxylation is 1. The highest BCUT2D eigenvalue weighted by Crippen LogP contribution is 2.33. The minimum absolute atomic E-state index is 0.249. The van der Waals surface area contributed by atoms with Gasteiger partial charge in [0, 0.05) is 3.57 Å². The summed E-state index contributed by atoms with van der Waals surface area (Å²) < 4.78 is 7.01. The van der Waals surface area contributed by atoms with E-state index in [-0.39, 0.29) is 17.7 Å². The van der Waals surface area contributed by atoms with E-state index in [2.05, 4.69) is 41.6 Å². The number of thioether (sulfide) groups is 1. The van der Waals surface area contributed by atoms with Crippen molar-refractivity contribution in [3.05, 3.63) is 104 Å². The van der Waals surface area contributed by atoms with Crippen LogP contribution in [0.15, 0.2) is 77.7 Å². The molecule has 4 nitrogen and oxygen atoms in total. The lowest BCUT2D eigenvalue weighted by molar-refractivity contribution is -0.123. The van der Waals surface area contributed by atoms with Gasteiger partial charge in [0.25, 0.3) is 11.1 Å². The Hall–Kier alpha value is -2.58. The molecule has 1 saturated heterocycles. The van der Waals surface area contributed by atoms with Gasteiger partial charge in [0.05, 0.1) is 11.4 Å². The van der Waals surface area contributed by atoms with Crippen LogP contribution in [0.3, 0.4) is 0 Å². The van der Waals surface area contributed by atoms with Crippen LogP contribution in [-0.4, -0.2) is 16.0 Å². The van der Waals surface area contributed by atoms with Crippen LogP contribution < -0.4 is 4.74 Å². The Balaban J connectivity index is 1.44. The van der Waals surface area contributed by atoms with Crippen molar-refractivity contribution in [2.75, 3.05) is 0 Å². The van der Waals surface area contributed by atoms with Crippen molar-refractivity contribution >= 4 is 51.6 Å². The van der Waals surface area contributed by atoms with Gasteiger partial charge in [-0.1, -0.05) is 54.1 Å². The van der Waals surface area contributed by atoms with Crippen LogP contribution in [-0.2, 0) is 17.9 Å². The van der Waals surface area contributed by atoms with Crippen molar-refractivity contribution in [1.29, 1.82) is 0 Å². The van der Waals surface area contributed by atoms with Crippen LogP contribution >= 0.6 is 34.4 Å². The van der Waals surface area contributed by atoms with Crippen LogP contribution in [0.5, 0.6) is 5.75 Å². The minimum Gasteiger partial charge on any atom is -0.489 e. The second-order valence-electron chi connectivity index (χ2n) is 7.24. The predicted octanol–water partition coefficient (Wildman–Crippen LogP) is 6.42. The van der Waals surface area contributed by atoms with Gasteiger partial charge in [0.1, 0.15) is 12.4 Å². The largest absolute Gasteiger partial charge is 0.489 e. The van der Waals surface area contributed by atoms with Gasteiger partial charge in [0.2, 0.25) is 0 Å². The zero-order valence-corrected chi connectivity index (χ0v) is 19.9. The standard InChI is InChI=1S/C25H20INO3S/c1-17-5-7-19(8-6-17)16-30-22-4-2-3-20(13-22)14-23-24(28)27(25(29)31-23)15-18-9-11-21(26)12-10-18/h2-14H,15-16H2,1H3/b23-14-. The summed E-state index contributed by atoms with van der Waals surface area (Å²) in [4.78, 5) is 26.9. The summed E-state index contributed by atoms with van der Waals surface area (Å²) in [5.74, 6) is 0.451. The van der Waals surface area contributed by atoms with E-state index in [0.717, 1.165) is 32.0 Å². The number of rotatable bonds is 6. The van der Waals surface area contributed by atoms with Crippen LogP contribution in [0.2, 0.25) is 0 Å². The Morgan fingerprint density at radius 3 is 2.42 bits per heavy atom. The van der Waals surface area contributed by atoms with Crippen LogP contribution in [0.1, 0.15) is 22.3 Å².